The molecule has 1 aliphatic heterocycles. The lowest BCUT2D eigenvalue weighted by molar-refractivity contribution is 0.555. The normalized spacial score (nSPS) is 19.3. The van der Waals surface area contributed by atoms with Crippen LogP contribution in [0.2, 0.25) is 0 Å². The van der Waals surface area contributed by atoms with E-state index in [0.29, 0.717) is 5.56 Å². The number of anilines is 1. The molecule has 0 bridgehead atoms. The molecule has 0 amide bonds. The predicted octanol–water partition coefficient (Wildman–Crippen LogP) is 0.603. The van der Waals surface area contributed by atoms with Crippen LogP contribution in [0.1, 0.15) is 18.4 Å². The van der Waals surface area contributed by atoms with Crippen molar-refractivity contribution in [1.29, 1.82) is 0 Å². The van der Waals surface area contributed by atoms with Crippen LogP contribution >= 0.6 is 0 Å². The highest BCUT2D eigenvalue weighted by Gasteiger charge is 2.33. The third-order valence-corrected chi connectivity index (χ3v) is 7.03. The Balaban J connectivity index is 2.15. The number of benzene rings is 1. The Kier molecular flexibility index (Phi) is 4.54. The van der Waals surface area contributed by atoms with Gasteiger partial charge in [0, 0.05) is 6.54 Å². The summed E-state index contributed by atoms with van der Waals surface area (Å²) in [5.41, 5.74) is 5.78. The molecule has 1 fully saturated rings. The smallest absolute Gasteiger partial charge is 0.235 e. The van der Waals surface area contributed by atoms with E-state index in [2.05, 4.69) is 4.72 Å². The molecule has 0 spiro atoms. The Labute approximate surface area is 123 Å². The van der Waals surface area contributed by atoms with E-state index in [-0.39, 0.29) is 36.6 Å². The number of nitrogens with one attached hydrogen (secondary N) is 1. The second-order valence-corrected chi connectivity index (χ2v) is 9.28. The minimum Gasteiger partial charge on any atom is -0.326 e. The van der Waals surface area contributed by atoms with E-state index in [1.807, 2.05) is 0 Å². The molecule has 1 saturated heterocycles. The van der Waals surface area contributed by atoms with Crippen LogP contribution in [0.3, 0.4) is 0 Å². The Bertz CT molecular complexity index is 718. The average molecular weight is 336 g/mol. The maximum Gasteiger partial charge on any atom is 0.235 e. The summed E-state index contributed by atoms with van der Waals surface area (Å²) in [5.74, 6) is -1.02. The molecule has 0 aromatic heterocycles. The number of hydrogen-bond donors (Lipinski definition) is 2. The van der Waals surface area contributed by atoms with Gasteiger partial charge < -0.3 is 5.73 Å². The number of rotatable bonds is 4. The zero-order valence-corrected chi connectivity index (χ0v) is 12.9. The summed E-state index contributed by atoms with van der Waals surface area (Å²) in [4.78, 5) is 0. The molecule has 2 rings (SSSR count). The first kappa shape index (κ1) is 16.2. The molecule has 6 nitrogen and oxygen atoms in total. The van der Waals surface area contributed by atoms with Crippen LogP contribution in [0.5, 0.6) is 0 Å². The lowest BCUT2D eigenvalue weighted by Crippen LogP contribution is -2.36. The van der Waals surface area contributed by atoms with Crippen LogP contribution < -0.4 is 10.5 Å². The third kappa shape index (κ3) is 3.92. The van der Waals surface area contributed by atoms with Crippen molar-refractivity contribution in [2.24, 2.45) is 5.73 Å². The van der Waals surface area contributed by atoms with E-state index in [9.17, 15) is 21.2 Å². The van der Waals surface area contributed by atoms with E-state index in [4.69, 9.17) is 5.73 Å². The summed E-state index contributed by atoms with van der Waals surface area (Å²) in [6.07, 6.45) is 0.0559. The van der Waals surface area contributed by atoms with Crippen molar-refractivity contribution in [2.45, 2.75) is 24.6 Å². The predicted molar refractivity (Wildman–Crippen MR) is 78.5 cm³/mol. The van der Waals surface area contributed by atoms with Gasteiger partial charge in [-0.1, -0.05) is 6.07 Å². The van der Waals surface area contributed by atoms with Crippen LogP contribution in [-0.2, 0) is 26.4 Å². The van der Waals surface area contributed by atoms with Gasteiger partial charge in [0.2, 0.25) is 10.0 Å². The van der Waals surface area contributed by atoms with Gasteiger partial charge in [-0.25, -0.2) is 21.2 Å². The van der Waals surface area contributed by atoms with Gasteiger partial charge in [-0.15, -0.1) is 0 Å². The molecule has 1 aromatic rings. The zero-order chi connectivity index (χ0) is 15.7. The average Bonchev–Trinajstić information content (AvgIpc) is 2.40. The van der Waals surface area contributed by atoms with Crippen molar-refractivity contribution in [2.75, 3.05) is 16.2 Å². The van der Waals surface area contributed by atoms with Gasteiger partial charge in [0.1, 0.15) is 15.7 Å². The van der Waals surface area contributed by atoms with Gasteiger partial charge in [0.05, 0.1) is 22.4 Å². The molecule has 0 radical (unpaired) electrons. The Morgan fingerprint density at radius 2 is 1.90 bits per heavy atom. The lowest BCUT2D eigenvalue weighted by Gasteiger charge is -2.22. The maximum atomic E-state index is 13.8. The van der Waals surface area contributed by atoms with Crippen LogP contribution in [0.4, 0.5) is 10.1 Å². The molecule has 21 heavy (non-hydrogen) atoms. The first-order valence-electron chi connectivity index (χ1n) is 6.44. The largest absolute Gasteiger partial charge is 0.326 e. The van der Waals surface area contributed by atoms with Crippen LogP contribution in [0, 0.1) is 5.82 Å². The fourth-order valence-corrected chi connectivity index (χ4v) is 5.47. The molecule has 0 aliphatic carbocycles. The lowest BCUT2D eigenvalue weighted by atomic mass is 10.2. The van der Waals surface area contributed by atoms with Crippen molar-refractivity contribution in [1.82, 2.24) is 0 Å². The molecular formula is C12H17FN2O4S2. The van der Waals surface area contributed by atoms with Crippen molar-refractivity contribution < 1.29 is 21.2 Å². The quantitative estimate of drug-likeness (QED) is 0.837. The summed E-state index contributed by atoms with van der Waals surface area (Å²) >= 11 is 0. The number of sulfonamides is 1. The maximum absolute atomic E-state index is 13.8. The zero-order valence-electron chi connectivity index (χ0n) is 11.2. The molecule has 0 saturated carbocycles. The topological polar surface area (TPSA) is 106 Å². The second kappa shape index (κ2) is 5.90. The van der Waals surface area contributed by atoms with Gasteiger partial charge in [-0.2, -0.15) is 0 Å². The molecule has 1 aromatic carbocycles. The second-order valence-electron chi connectivity index (χ2n) is 5.02. The minimum atomic E-state index is -3.81. The third-order valence-electron chi connectivity index (χ3n) is 3.46. The standard InChI is InChI=1S/C12H17FN2O4S2/c13-11-7-9(8-14)1-2-12(11)15-21(18,19)10-3-5-20(16,17)6-4-10/h1-2,7,10,15H,3-6,8,14H2. The monoisotopic (exact) mass is 336 g/mol. The van der Waals surface area contributed by atoms with Gasteiger partial charge >= 0.3 is 0 Å². The summed E-state index contributed by atoms with van der Waals surface area (Å²) < 4.78 is 63.0. The van der Waals surface area contributed by atoms with Crippen molar-refractivity contribution in [3.8, 4) is 0 Å². The molecule has 3 N–H and O–H groups in total. The van der Waals surface area contributed by atoms with Crippen molar-refractivity contribution >= 4 is 25.5 Å². The highest BCUT2D eigenvalue weighted by Crippen LogP contribution is 2.23. The first-order chi connectivity index (χ1) is 9.73. The first-order valence-corrected chi connectivity index (χ1v) is 9.81. The van der Waals surface area contributed by atoms with Gasteiger partial charge in [-0.05, 0) is 30.5 Å². The van der Waals surface area contributed by atoms with Gasteiger partial charge in [0.15, 0.2) is 0 Å². The molecule has 1 aliphatic rings. The van der Waals surface area contributed by atoms with Crippen LogP contribution in [0.25, 0.3) is 0 Å². The van der Waals surface area contributed by atoms with E-state index in [1.54, 1.807) is 0 Å². The van der Waals surface area contributed by atoms with Gasteiger partial charge in [-0.3, -0.25) is 4.72 Å². The summed E-state index contributed by atoms with van der Waals surface area (Å²) in [7, 11) is -6.96. The number of nitrogens with two attached hydrogens (primary N) is 1. The highest BCUT2D eigenvalue weighted by molar-refractivity contribution is 7.94. The fourth-order valence-electron chi connectivity index (χ4n) is 2.18. The molecule has 0 unspecified atom stereocenters. The highest BCUT2D eigenvalue weighted by atomic mass is 32.2. The number of halogens is 1. The summed E-state index contributed by atoms with van der Waals surface area (Å²) in [5, 5.41) is -0.824. The van der Waals surface area contributed by atoms with Crippen LogP contribution in [0.15, 0.2) is 18.2 Å². The summed E-state index contributed by atoms with van der Waals surface area (Å²) in [6.45, 7) is 0.157. The fraction of sp³-hybridized carbons (Fsp3) is 0.500. The van der Waals surface area contributed by atoms with E-state index in [1.165, 1.54) is 18.2 Å². The number of sulfone groups is 1. The Morgan fingerprint density at radius 1 is 1.29 bits per heavy atom. The Hall–Kier alpha value is -1.19. The van der Waals surface area contributed by atoms with Gasteiger partial charge in [0.25, 0.3) is 0 Å². The summed E-state index contributed by atoms with van der Waals surface area (Å²) in [6, 6.07) is 4.02. The minimum absolute atomic E-state index is 0.0279. The van der Waals surface area contributed by atoms with Crippen LogP contribution in [-0.4, -0.2) is 33.6 Å². The Morgan fingerprint density at radius 3 is 2.43 bits per heavy atom. The van der Waals surface area contributed by atoms with E-state index < -0.39 is 30.9 Å². The molecule has 1 heterocycles. The SMILES string of the molecule is NCc1ccc(NS(=O)(=O)C2CCS(=O)(=O)CC2)c(F)c1. The molecule has 9 heteroatoms. The van der Waals surface area contributed by atoms with Crippen molar-refractivity contribution in [3.63, 3.8) is 0 Å². The molecular weight excluding hydrogens is 319 g/mol. The number of hydrogen-bond acceptors (Lipinski definition) is 5. The molecule has 118 valence electrons. The van der Waals surface area contributed by atoms with E-state index >= 15 is 0 Å². The van der Waals surface area contributed by atoms with E-state index in [0.717, 1.165) is 0 Å². The molecule has 0 atom stereocenters. The van der Waals surface area contributed by atoms with Crippen molar-refractivity contribution in [3.05, 3.63) is 29.6 Å².